The Labute approximate surface area is 207 Å². The Balaban J connectivity index is 1.24. The molecule has 36 heavy (non-hydrogen) atoms. The molecule has 3 heterocycles. The number of ether oxygens (including phenoxy) is 1. The molecule has 8 heteroatoms. The van der Waals surface area contributed by atoms with E-state index in [-0.39, 0.29) is 0 Å². The van der Waals surface area contributed by atoms with Gasteiger partial charge in [0.25, 0.3) is 0 Å². The quantitative estimate of drug-likeness (QED) is 0.323. The molecule has 0 spiro atoms. The molecule has 0 fully saturated rings. The topological polar surface area (TPSA) is 51.1 Å². The van der Waals surface area contributed by atoms with Gasteiger partial charge < -0.3 is 4.74 Å². The number of pyridine rings is 1. The lowest BCUT2D eigenvalue weighted by Gasteiger charge is -2.28. The van der Waals surface area contributed by atoms with Crippen LogP contribution in [-0.4, -0.2) is 33.0 Å². The van der Waals surface area contributed by atoms with Gasteiger partial charge in [-0.1, -0.05) is 30.3 Å². The fourth-order valence-corrected chi connectivity index (χ4v) is 4.32. The van der Waals surface area contributed by atoms with Crippen LogP contribution in [0.3, 0.4) is 0 Å². The van der Waals surface area contributed by atoms with Crippen molar-refractivity contribution in [1.82, 2.24) is 19.9 Å². The Morgan fingerprint density at radius 3 is 2.50 bits per heavy atom. The van der Waals surface area contributed by atoms with Crippen molar-refractivity contribution in [1.29, 1.82) is 0 Å². The van der Waals surface area contributed by atoms with Gasteiger partial charge in [-0.25, -0.2) is 9.97 Å². The van der Waals surface area contributed by atoms with E-state index in [2.05, 4.69) is 25.9 Å². The molecule has 0 aliphatic carbocycles. The molecule has 0 unspecified atom stereocenters. The molecule has 5 nitrogen and oxygen atoms in total. The summed E-state index contributed by atoms with van der Waals surface area (Å²) in [5.74, 6) is 1.28. The van der Waals surface area contributed by atoms with Gasteiger partial charge in [0, 0.05) is 55.1 Å². The molecule has 0 saturated carbocycles. The molecular weight excluding hydrogens is 465 g/mol. The molecule has 0 N–H and O–H groups in total. The van der Waals surface area contributed by atoms with Gasteiger partial charge in [-0.15, -0.1) is 0 Å². The van der Waals surface area contributed by atoms with E-state index in [1.807, 2.05) is 43.5 Å². The van der Waals surface area contributed by atoms with Gasteiger partial charge in [-0.3, -0.25) is 9.88 Å². The molecule has 2 aromatic heterocycles. The van der Waals surface area contributed by atoms with Crippen molar-refractivity contribution in [2.24, 2.45) is 0 Å². The van der Waals surface area contributed by atoms with E-state index >= 15 is 0 Å². The maximum absolute atomic E-state index is 12.8. The van der Waals surface area contributed by atoms with Crippen molar-refractivity contribution < 1.29 is 17.9 Å². The van der Waals surface area contributed by atoms with Gasteiger partial charge in [0.1, 0.15) is 5.75 Å². The highest BCUT2D eigenvalue weighted by molar-refractivity contribution is 5.61. The SMILES string of the molecule is CCOc1cccc(-c2ccc(CN3CCc4nc(-c5ccc(C(F)(F)F)cc5)ncc4C3)cn2)c1. The largest absolute Gasteiger partial charge is 0.494 e. The van der Waals surface area contributed by atoms with Crippen LogP contribution in [0.15, 0.2) is 73.1 Å². The van der Waals surface area contributed by atoms with Crippen LogP contribution in [0.1, 0.15) is 29.3 Å². The summed E-state index contributed by atoms with van der Waals surface area (Å²) in [6.45, 7) is 4.88. The fourth-order valence-electron chi connectivity index (χ4n) is 4.32. The van der Waals surface area contributed by atoms with E-state index < -0.39 is 11.7 Å². The van der Waals surface area contributed by atoms with Gasteiger partial charge in [0.05, 0.1) is 23.6 Å². The van der Waals surface area contributed by atoms with Crippen LogP contribution in [0.4, 0.5) is 13.2 Å². The van der Waals surface area contributed by atoms with Crippen molar-refractivity contribution in [2.45, 2.75) is 32.6 Å². The maximum atomic E-state index is 12.8. The molecule has 0 atom stereocenters. The normalized spacial score (nSPS) is 13.9. The van der Waals surface area contributed by atoms with Crippen molar-refractivity contribution >= 4 is 0 Å². The van der Waals surface area contributed by atoms with Crippen molar-refractivity contribution in [3.8, 4) is 28.4 Å². The second-order valence-corrected chi connectivity index (χ2v) is 8.71. The molecule has 4 aromatic rings. The van der Waals surface area contributed by atoms with E-state index in [1.165, 1.54) is 12.1 Å². The standard InChI is InChI=1S/C28H25F3N4O/c1-2-36-24-5-3-4-21(14-24)25-11-6-19(15-32-25)17-35-13-12-26-22(18-35)16-33-27(34-26)20-7-9-23(10-8-20)28(29,30)31/h3-11,14-16H,2,12-13,17-18H2,1H3. The summed E-state index contributed by atoms with van der Waals surface area (Å²) in [6, 6.07) is 17.0. The van der Waals surface area contributed by atoms with Crippen LogP contribution in [-0.2, 0) is 25.7 Å². The highest BCUT2D eigenvalue weighted by Crippen LogP contribution is 2.31. The van der Waals surface area contributed by atoms with Gasteiger partial charge >= 0.3 is 6.18 Å². The number of alkyl halides is 3. The minimum atomic E-state index is -4.36. The second kappa shape index (κ2) is 10.1. The lowest BCUT2D eigenvalue weighted by Crippen LogP contribution is -2.31. The van der Waals surface area contributed by atoms with Crippen LogP contribution in [0.2, 0.25) is 0 Å². The summed E-state index contributed by atoms with van der Waals surface area (Å²) in [4.78, 5) is 16.0. The van der Waals surface area contributed by atoms with E-state index in [9.17, 15) is 13.2 Å². The van der Waals surface area contributed by atoms with Gasteiger partial charge in [-0.2, -0.15) is 13.2 Å². The zero-order valence-corrected chi connectivity index (χ0v) is 19.8. The van der Waals surface area contributed by atoms with Crippen LogP contribution in [0.5, 0.6) is 5.75 Å². The summed E-state index contributed by atoms with van der Waals surface area (Å²) in [5.41, 5.74) is 4.90. The van der Waals surface area contributed by atoms with E-state index in [0.717, 1.165) is 65.5 Å². The third-order valence-electron chi connectivity index (χ3n) is 6.16. The molecule has 5 rings (SSSR count). The molecular formula is C28H25F3N4O. The Bertz CT molecular complexity index is 1340. The average Bonchev–Trinajstić information content (AvgIpc) is 2.89. The highest BCUT2D eigenvalue weighted by Gasteiger charge is 2.30. The third-order valence-corrected chi connectivity index (χ3v) is 6.16. The Morgan fingerprint density at radius 1 is 0.944 bits per heavy atom. The van der Waals surface area contributed by atoms with Crippen molar-refractivity contribution in [3.05, 3.63) is 95.4 Å². The first kappa shape index (κ1) is 23.9. The summed E-state index contributed by atoms with van der Waals surface area (Å²) in [6.07, 6.45) is 0.0844. The van der Waals surface area contributed by atoms with Gasteiger partial charge in [0.2, 0.25) is 0 Å². The maximum Gasteiger partial charge on any atom is 0.416 e. The predicted molar refractivity (Wildman–Crippen MR) is 131 cm³/mol. The van der Waals surface area contributed by atoms with Gasteiger partial charge in [-0.05, 0) is 42.8 Å². The number of halogens is 3. The first-order valence-corrected chi connectivity index (χ1v) is 11.8. The second-order valence-electron chi connectivity index (χ2n) is 8.71. The summed E-state index contributed by atoms with van der Waals surface area (Å²) in [7, 11) is 0. The predicted octanol–water partition coefficient (Wildman–Crippen LogP) is 6.18. The van der Waals surface area contributed by atoms with E-state index in [0.29, 0.717) is 24.5 Å². The van der Waals surface area contributed by atoms with Crippen molar-refractivity contribution in [2.75, 3.05) is 13.2 Å². The molecule has 2 aromatic carbocycles. The summed E-state index contributed by atoms with van der Waals surface area (Å²) in [5, 5.41) is 0. The minimum absolute atomic E-state index is 0.448. The number of benzene rings is 2. The first-order valence-electron chi connectivity index (χ1n) is 11.8. The average molecular weight is 491 g/mol. The van der Waals surface area contributed by atoms with E-state index in [4.69, 9.17) is 4.74 Å². The number of nitrogens with zero attached hydrogens (tertiary/aromatic N) is 4. The minimum Gasteiger partial charge on any atom is -0.494 e. The molecule has 0 radical (unpaired) electrons. The number of fused-ring (bicyclic) bond motifs is 1. The molecule has 0 saturated heterocycles. The molecule has 1 aliphatic rings. The fraction of sp³-hybridized carbons (Fsp3) is 0.250. The van der Waals surface area contributed by atoms with Gasteiger partial charge in [0.15, 0.2) is 5.82 Å². The Kier molecular flexibility index (Phi) is 6.69. The smallest absolute Gasteiger partial charge is 0.416 e. The monoisotopic (exact) mass is 490 g/mol. The number of aromatic nitrogens is 3. The lowest BCUT2D eigenvalue weighted by atomic mass is 10.1. The first-order chi connectivity index (χ1) is 17.4. The number of hydrogen-bond donors (Lipinski definition) is 0. The molecule has 0 amide bonds. The Morgan fingerprint density at radius 2 is 1.78 bits per heavy atom. The van der Waals surface area contributed by atoms with Crippen LogP contribution in [0, 0.1) is 0 Å². The van der Waals surface area contributed by atoms with Crippen LogP contribution in [0.25, 0.3) is 22.6 Å². The summed E-state index contributed by atoms with van der Waals surface area (Å²) < 4.78 is 44.1. The number of rotatable bonds is 6. The zero-order chi connectivity index (χ0) is 25.1. The van der Waals surface area contributed by atoms with Crippen molar-refractivity contribution in [3.63, 3.8) is 0 Å². The number of hydrogen-bond acceptors (Lipinski definition) is 5. The molecule has 184 valence electrons. The zero-order valence-electron chi connectivity index (χ0n) is 19.8. The van der Waals surface area contributed by atoms with E-state index in [1.54, 1.807) is 6.20 Å². The molecule has 0 bridgehead atoms. The summed E-state index contributed by atoms with van der Waals surface area (Å²) >= 11 is 0. The lowest BCUT2D eigenvalue weighted by molar-refractivity contribution is -0.137. The third kappa shape index (κ3) is 5.39. The van der Waals surface area contributed by atoms with Crippen LogP contribution < -0.4 is 4.74 Å². The Hall–Kier alpha value is -3.78. The highest BCUT2D eigenvalue weighted by atomic mass is 19.4. The van der Waals surface area contributed by atoms with Crippen LogP contribution >= 0.6 is 0 Å². The molecule has 1 aliphatic heterocycles.